The number of ether oxygens (including phenoxy) is 1. The maximum absolute atomic E-state index is 10.6. The van der Waals surface area contributed by atoms with E-state index in [2.05, 4.69) is 0 Å². The Bertz CT molecular complexity index is 299. The van der Waals surface area contributed by atoms with Gasteiger partial charge >= 0.3 is 8.03 Å². The van der Waals surface area contributed by atoms with E-state index in [1.54, 1.807) is 31.4 Å². The Kier molecular flexibility index (Phi) is 3.37. The highest BCUT2D eigenvalue weighted by Crippen LogP contribution is 2.32. The Morgan fingerprint density at radius 1 is 1.46 bits per heavy atom. The maximum Gasteiger partial charge on any atom is 0.529 e. The molecule has 0 heterocycles. The lowest BCUT2D eigenvalue weighted by atomic mass is 10.2. The predicted molar refractivity (Wildman–Crippen MR) is 49.7 cm³/mol. The molecule has 0 aliphatic rings. The van der Waals surface area contributed by atoms with Crippen molar-refractivity contribution in [3.05, 3.63) is 29.8 Å². The maximum atomic E-state index is 10.6. The van der Waals surface area contributed by atoms with Crippen LogP contribution >= 0.6 is 8.03 Å². The lowest BCUT2D eigenvalue weighted by Gasteiger charge is -2.01. The molecule has 0 amide bonds. The van der Waals surface area contributed by atoms with Gasteiger partial charge in [-0.25, -0.2) is 0 Å². The Hall–Kier alpha value is -0.960. The number of benzene rings is 1. The van der Waals surface area contributed by atoms with Gasteiger partial charge in [0.2, 0.25) is 0 Å². The third-order valence-corrected chi connectivity index (χ3v) is 2.47. The fraction of sp³-hybridized carbons (Fsp3) is 0.250. The zero-order chi connectivity index (χ0) is 9.84. The van der Waals surface area contributed by atoms with Crippen molar-refractivity contribution in [1.29, 1.82) is 0 Å². The molecule has 0 saturated carbocycles. The van der Waals surface area contributed by atoms with E-state index < -0.39 is 13.8 Å². The first-order valence-corrected chi connectivity index (χ1v) is 4.98. The Morgan fingerprint density at radius 2 is 2.00 bits per heavy atom. The second kappa shape index (κ2) is 4.33. The van der Waals surface area contributed by atoms with Crippen molar-refractivity contribution in [3.63, 3.8) is 0 Å². The van der Waals surface area contributed by atoms with Gasteiger partial charge in [0.25, 0.3) is 5.78 Å². The summed E-state index contributed by atoms with van der Waals surface area (Å²) in [6.07, 6.45) is 0. The van der Waals surface area contributed by atoms with Gasteiger partial charge in [-0.15, -0.1) is 0 Å². The largest absolute Gasteiger partial charge is 0.529 e. The normalized spacial score (nSPS) is 13.6. The van der Waals surface area contributed by atoms with Crippen molar-refractivity contribution in [3.8, 4) is 5.75 Å². The van der Waals surface area contributed by atoms with Gasteiger partial charge in [0.05, 0.1) is 7.11 Å². The molecular formula is C8H11NO3P+. The summed E-state index contributed by atoms with van der Waals surface area (Å²) in [5.74, 6) is -0.120. The molecule has 1 aromatic carbocycles. The van der Waals surface area contributed by atoms with Crippen LogP contribution in [0, 0.1) is 0 Å². The molecule has 0 aromatic heterocycles. The van der Waals surface area contributed by atoms with Crippen molar-refractivity contribution in [2.75, 3.05) is 7.11 Å². The highest BCUT2D eigenvalue weighted by molar-refractivity contribution is 7.38. The molecule has 3 N–H and O–H groups in total. The lowest BCUT2D eigenvalue weighted by Crippen LogP contribution is -2.04. The molecule has 0 fully saturated rings. The van der Waals surface area contributed by atoms with Crippen LogP contribution in [-0.2, 0) is 4.57 Å². The second-order valence-electron chi connectivity index (χ2n) is 2.52. The van der Waals surface area contributed by atoms with E-state index in [0.717, 1.165) is 0 Å². The van der Waals surface area contributed by atoms with Crippen molar-refractivity contribution in [2.45, 2.75) is 5.78 Å². The first-order chi connectivity index (χ1) is 6.15. The Morgan fingerprint density at radius 3 is 2.38 bits per heavy atom. The molecule has 0 spiro atoms. The quantitative estimate of drug-likeness (QED) is 0.723. The summed E-state index contributed by atoms with van der Waals surface area (Å²) in [5.41, 5.74) is 6.08. The average molecular weight is 200 g/mol. The minimum absolute atomic E-state index is 0.629. The first-order valence-electron chi connectivity index (χ1n) is 3.70. The standard InChI is InChI=1S/C8H10NO3P/c1-12-7-4-2-6(3-5-7)8(9)13(10)11/h2-5,8H,9H2,1H3/p+1. The number of methoxy groups -OCH3 is 1. The topological polar surface area (TPSA) is 72.5 Å². The van der Waals surface area contributed by atoms with Crippen LogP contribution in [0.25, 0.3) is 0 Å². The van der Waals surface area contributed by atoms with Gasteiger partial charge in [-0.05, 0) is 28.8 Å². The second-order valence-corrected chi connectivity index (χ2v) is 3.68. The molecule has 4 nitrogen and oxygen atoms in total. The minimum atomic E-state index is -2.36. The van der Waals surface area contributed by atoms with Gasteiger partial charge < -0.3 is 4.74 Å². The smallest absolute Gasteiger partial charge is 0.497 e. The van der Waals surface area contributed by atoms with Gasteiger partial charge in [-0.3, -0.25) is 5.73 Å². The fourth-order valence-corrected chi connectivity index (χ4v) is 1.36. The molecule has 0 aliphatic heterocycles. The highest BCUT2D eigenvalue weighted by Gasteiger charge is 2.25. The van der Waals surface area contributed by atoms with Crippen LogP contribution in [0.15, 0.2) is 24.3 Å². The minimum Gasteiger partial charge on any atom is -0.497 e. The molecule has 5 heteroatoms. The van der Waals surface area contributed by atoms with Crippen LogP contribution in [-0.4, -0.2) is 12.0 Å². The number of rotatable bonds is 3. The van der Waals surface area contributed by atoms with Crippen LogP contribution in [0.1, 0.15) is 11.3 Å². The van der Waals surface area contributed by atoms with E-state index in [1.807, 2.05) is 0 Å². The van der Waals surface area contributed by atoms with Crippen molar-refractivity contribution < 1.29 is 14.2 Å². The van der Waals surface area contributed by atoms with Crippen LogP contribution in [0.4, 0.5) is 0 Å². The molecular weight excluding hydrogens is 189 g/mol. The summed E-state index contributed by atoms with van der Waals surface area (Å²) in [6.45, 7) is 0. The fourth-order valence-electron chi connectivity index (χ4n) is 0.929. The zero-order valence-electron chi connectivity index (χ0n) is 7.18. The molecule has 0 bridgehead atoms. The molecule has 13 heavy (non-hydrogen) atoms. The zero-order valence-corrected chi connectivity index (χ0v) is 8.07. The first kappa shape index (κ1) is 10.1. The molecule has 2 atom stereocenters. The predicted octanol–water partition coefficient (Wildman–Crippen LogP) is 1.39. The van der Waals surface area contributed by atoms with Gasteiger partial charge in [0, 0.05) is 5.56 Å². The van der Waals surface area contributed by atoms with E-state index in [0.29, 0.717) is 11.3 Å². The SMILES string of the molecule is COc1ccc(C(N)[P+](=O)O)cc1. The molecule has 1 rings (SSSR count). The molecule has 1 aromatic rings. The number of nitrogens with two attached hydrogens (primary N) is 1. The third-order valence-electron chi connectivity index (χ3n) is 1.70. The van der Waals surface area contributed by atoms with Crippen molar-refractivity contribution >= 4 is 8.03 Å². The lowest BCUT2D eigenvalue weighted by molar-refractivity contribution is 0.414. The van der Waals surface area contributed by atoms with Crippen LogP contribution in [0.3, 0.4) is 0 Å². The van der Waals surface area contributed by atoms with Gasteiger partial charge in [0.15, 0.2) is 0 Å². The van der Waals surface area contributed by atoms with Crippen molar-refractivity contribution in [1.82, 2.24) is 0 Å². The van der Waals surface area contributed by atoms with Crippen molar-refractivity contribution in [2.24, 2.45) is 5.73 Å². The Labute approximate surface area is 77.2 Å². The summed E-state index contributed by atoms with van der Waals surface area (Å²) in [5, 5.41) is 0. The molecule has 2 unspecified atom stereocenters. The van der Waals surface area contributed by atoms with E-state index in [-0.39, 0.29) is 0 Å². The third kappa shape index (κ3) is 2.49. The molecule has 0 saturated heterocycles. The highest BCUT2D eigenvalue weighted by atomic mass is 31.1. The summed E-state index contributed by atoms with van der Waals surface area (Å²) in [4.78, 5) is 8.75. The average Bonchev–Trinajstić information content (AvgIpc) is 2.17. The summed E-state index contributed by atoms with van der Waals surface area (Å²) >= 11 is 0. The summed E-state index contributed by atoms with van der Waals surface area (Å²) in [7, 11) is -0.808. The molecule has 0 radical (unpaired) electrons. The van der Waals surface area contributed by atoms with E-state index in [9.17, 15) is 4.57 Å². The summed E-state index contributed by atoms with van der Waals surface area (Å²) in [6, 6.07) is 6.75. The van der Waals surface area contributed by atoms with Gasteiger partial charge in [-0.1, -0.05) is 0 Å². The van der Waals surface area contributed by atoms with Crippen LogP contribution in [0.5, 0.6) is 5.75 Å². The van der Waals surface area contributed by atoms with Crippen LogP contribution < -0.4 is 10.5 Å². The van der Waals surface area contributed by atoms with E-state index in [1.165, 1.54) is 0 Å². The number of hydrogen-bond donors (Lipinski definition) is 2. The van der Waals surface area contributed by atoms with Gasteiger partial charge in [0.1, 0.15) is 5.75 Å². The van der Waals surface area contributed by atoms with E-state index in [4.69, 9.17) is 15.4 Å². The van der Waals surface area contributed by atoms with E-state index >= 15 is 0 Å². The monoisotopic (exact) mass is 200 g/mol. The number of hydrogen-bond acceptors (Lipinski definition) is 3. The molecule has 70 valence electrons. The summed E-state index contributed by atoms with van der Waals surface area (Å²) < 4.78 is 15.6. The van der Waals surface area contributed by atoms with Gasteiger partial charge in [-0.2, -0.15) is 4.89 Å². The molecule has 0 aliphatic carbocycles. The van der Waals surface area contributed by atoms with Crippen LogP contribution in [0.2, 0.25) is 0 Å². The Balaban J connectivity index is 2.85.